The van der Waals surface area contributed by atoms with Gasteiger partial charge in [-0.2, -0.15) is 0 Å². The zero-order valence-electron chi connectivity index (χ0n) is 18.4. The van der Waals surface area contributed by atoms with Crippen molar-refractivity contribution in [3.63, 3.8) is 0 Å². The molecular weight excluding hydrogens is 410 g/mol. The van der Waals surface area contributed by atoms with E-state index >= 15 is 0 Å². The Hall–Kier alpha value is -4.49. The normalized spacial score (nSPS) is 12.1. The van der Waals surface area contributed by atoms with Gasteiger partial charge in [-0.25, -0.2) is 0 Å². The van der Waals surface area contributed by atoms with Crippen LogP contribution in [0.25, 0.3) is 76.5 Å². The van der Waals surface area contributed by atoms with Gasteiger partial charge in [0.15, 0.2) is 0 Å². The average Bonchev–Trinajstić information content (AvgIpc) is 3.23. The fraction of sp³-hybridized carbons (Fsp3) is 0. The van der Waals surface area contributed by atoms with Crippen LogP contribution in [0.3, 0.4) is 0 Å². The van der Waals surface area contributed by atoms with Crippen LogP contribution in [0.1, 0.15) is 0 Å². The molecule has 0 bridgehead atoms. The maximum Gasteiger partial charge on any atom is 0.0352 e. The first-order chi connectivity index (χ1) is 16.9. The van der Waals surface area contributed by atoms with Crippen LogP contribution in [0.4, 0.5) is 0 Å². The van der Waals surface area contributed by atoms with Crippen molar-refractivity contribution >= 4 is 43.1 Å². The van der Waals surface area contributed by atoms with Gasteiger partial charge in [0.2, 0.25) is 0 Å². The second-order valence-electron chi connectivity index (χ2n) is 9.17. The highest BCUT2D eigenvalue weighted by atomic mass is 14.6. The van der Waals surface area contributed by atoms with Gasteiger partial charge in [-0.15, -0.1) is 0 Å². The van der Waals surface area contributed by atoms with E-state index in [0.717, 1.165) is 0 Å². The van der Waals surface area contributed by atoms with Crippen molar-refractivity contribution in [2.75, 3.05) is 0 Å². The van der Waals surface area contributed by atoms with Crippen LogP contribution < -0.4 is 0 Å². The number of benzene rings is 6. The second kappa shape index (κ2) is 6.52. The Morgan fingerprint density at radius 2 is 1.03 bits per heavy atom. The van der Waals surface area contributed by atoms with Crippen molar-refractivity contribution in [2.24, 2.45) is 0 Å². The molecule has 8 rings (SSSR count). The van der Waals surface area contributed by atoms with Crippen LogP contribution in [-0.4, -0.2) is 4.98 Å². The van der Waals surface area contributed by atoms with E-state index in [1.54, 1.807) is 0 Å². The van der Waals surface area contributed by atoms with Crippen molar-refractivity contribution in [2.45, 2.75) is 0 Å². The molecule has 0 spiro atoms. The average molecular weight is 430 g/mol. The Balaban J connectivity index is 1.59. The lowest BCUT2D eigenvalue weighted by atomic mass is 9.88. The first-order valence-electron chi connectivity index (χ1n) is 11.7. The molecule has 0 fully saturated rings. The summed E-state index contributed by atoms with van der Waals surface area (Å²) in [5.74, 6) is 0. The fourth-order valence-electron chi connectivity index (χ4n) is 6.02. The quantitative estimate of drug-likeness (QED) is 0.237. The van der Waals surface area contributed by atoms with E-state index < -0.39 is 0 Å². The van der Waals surface area contributed by atoms with Gasteiger partial charge in [0, 0.05) is 17.8 Å². The molecule has 1 aliphatic carbocycles. The second-order valence-corrected chi connectivity index (χ2v) is 9.17. The number of rotatable bonds is 1. The maximum atomic E-state index is 4.45. The highest BCUT2D eigenvalue weighted by molar-refractivity contribution is 6.29. The molecule has 0 saturated carbocycles. The Morgan fingerprint density at radius 1 is 0.382 bits per heavy atom. The molecule has 0 amide bonds. The maximum absolute atomic E-state index is 4.45. The summed E-state index contributed by atoms with van der Waals surface area (Å²) in [5, 5.41) is 10.3. The molecule has 0 aliphatic heterocycles. The number of aromatic nitrogens is 1. The minimum atomic E-state index is 1.19. The standard InChI is InChI=1S/C33H19N/c1-4-11-24-21(8-1)26-13-6-14-27-30-17-28(25-12-5-7-20-15-16-34-19-32(20)25)22-9-2-3-10-23(22)29(30)18-31(24)33(26)27/h1-19H. The van der Waals surface area contributed by atoms with Gasteiger partial charge in [0.1, 0.15) is 0 Å². The van der Waals surface area contributed by atoms with Crippen LogP contribution in [0, 0.1) is 0 Å². The van der Waals surface area contributed by atoms with Gasteiger partial charge >= 0.3 is 0 Å². The third kappa shape index (κ3) is 2.26. The number of fused-ring (bicyclic) bond motifs is 8. The van der Waals surface area contributed by atoms with Gasteiger partial charge in [-0.3, -0.25) is 4.98 Å². The van der Waals surface area contributed by atoms with Crippen LogP contribution in [-0.2, 0) is 0 Å². The Bertz CT molecular complexity index is 1960. The molecule has 1 nitrogen and oxygen atoms in total. The van der Waals surface area contributed by atoms with E-state index in [2.05, 4.69) is 108 Å². The smallest absolute Gasteiger partial charge is 0.0352 e. The van der Waals surface area contributed by atoms with E-state index in [1.165, 1.54) is 76.5 Å². The summed E-state index contributed by atoms with van der Waals surface area (Å²) >= 11 is 0. The molecule has 1 heteroatoms. The van der Waals surface area contributed by atoms with Crippen molar-refractivity contribution < 1.29 is 0 Å². The van der Waals surface area contributed by atoms with Crippen LogP contribution >= 0.6 is 0 Å². The first-order valence-corrected chi connectivity index (χ1v) is 11.7. The number of pyridine rings is 1. The third-order valence-corrected chi connectivity index (χ3v) is 7.48. The van der Waals surface area contributed by atoms with E-state index in [1.807, 2.05) is 12.4 Å². The Morgan fingerprint density at radius 3 is 1.94 bits per heavy atom. The molecule has 0 atom stereocenters. The molecule has 0 saturated heterocycles. The zero-order chi connectivity index (χ0) is 22.2. The summed E-state index contributed by atoms with van der Waals surface area (Å²) in [6.07, 6.45) is 3.86. The highest BCUT2D eigenvalue weighted by Gasteiger charge is 2.23. The molecule has 34 heavy (non-hydrogen) atoms. The summed E-state index contributed by atoms with van der Waals surface area (Å²) in [7, 11) is 0. The van der Waals surface area contributed by atoms with Crippen LogP contribution in [0.5, 0.6) is 0 Å². The summed E-state index contributed by atoms with van der Waals surface area (Å²) in [6, 6.07) is 37.9. The van der Waals surface area contributed by atoms with Crippen molar-refractivity contribution in [3.05, 3.63) is 116 Å². The lowest BCUT2D eigenvalue weighted by Gasteiger charge is -2.15. The van der Waals surface area contributed by atoms with Gasteiger partial charge in [-0.05, 0) is 89.3 Å². The SMILES string of the molecule is c1ccc2c(c1)-c1cccc3c1c-2cc1c2ccccc2c(-c2cccc4ccncc24)cc31. The summed E-state index contributed by atoms with van der Waals surface area (Å²) in [6.45, 7) is 0. The monoisotopic (exact) mass is 429 g/mol. The summed E-state index contributed by atoms with van der Waals surface area (Å²) < 4.78 is 0. The van der Waals surface area contributed by atoms with Crippen molar-refractivity contribution in [1.29, 1.82) is 0 Å². The van der Waals surface area contributed by atoms with Crippen LogP contribution in [0.15, 0.2) is 116 Å². The fourth-order valence-corrected chi connectivity index (χ4v) is 6.02. The number of nitrogens with zero attached hydrogens (tertiary/aromatic N) is 1. The van der Waals surface area contributed by atoms with Crippen LogP contribution in [0.2, 0.25) is 0 Å². The molecule has 156 valence electrons. The summed E-state index contributed by atoms with van der Waals surface area (Å²) in [5.41, 5.74) is 7.86. The number of hydrogen-bond donors (Lipinski definition) is 0. The molecule has 7 aromatic rings. The van der Waals surface area contributed by atoms with E-state index in [-0.39, 0.29) is 0 Å². The molecule has 0 radical (unpaired) electrons. The molecule has 1 aliphatic rings. The molecule has 1 aromatic heterocycles. The van der Waals surface area contributed by atoms with Gasteiger partial charge < -0.3 is 0 Å². The Labute approximate surface area is 196 Å². The Kier molecular flexibility index (Phi) is 3.45. The van der Waals surface area contributed by atoms with E-state index in [0.29, 0.717) is 0 Å². The summed E-state index contributed by atoms with van der Waals surface area (Å²) in [4.78, 5) is 4.45. The van der Waals surface area contributed by atoms with E-state index in [9.17, 15) is 0 Å². The minimum absolute atomic E-state index is 1.19. The predicted octanol–water partition coefficient (Wildman–Crippen LogP) is 9.01. The molecule has 0 unspecified atom stereocenters. The van der Waals surface area contributed by atoms with Gasteiger partial charge in [0.25, 0.3) is 0 Å². The highest BCUT2D eigenvalue weighted by Crippen LogP contribution is 2.50. The molecule has 0 N–H and O–H groups in total. The van der Waals surface area contributed by atoms with Crippen molar-refractivity contribution in [3.8, 4) is 33.4 Å². The van der Waals surface area contributed by atoms with E-state index in [4.69, 9.17) is 0 Å². The first kappa shape index (κ1) is 18.0. The zero-order valence-corrected chi connectivity index (χ0v) is 18.4. The number of hydrogen-bond acceptors (Lipinski definition) is 1. The lowest BCUT2D eigenvalue weighted by Crippen LogP contribution is -1.89. The molecule has 1 heterocycles. The topological polar surface area (TPSA) is 12.9 Å². The third-order valence-electron chi connectivity index (χ3n) is 7.48. The molecular formula is C33H19N. The van der Waals surface area contributed by atoms with Gasteiger partial charge in [-0.1, -0.05) is 84.9 Å². The van der Waals surface area contributed by atoms with Crippen molar-refractivity contribution in [1.82, 2.24) is 4.98 Å². The lowest BCUT2D eigenvalue weighted by molar-refractivity contribution is 1.36. The minimum Gasteiger partial charge on any atom is -0.264 e. The predicted molar refractivity (Wildman–Crippen MR) is 144 cm³/mol. The largest absolute Gasteiger partial charge is 0.264 e. The van der Waals surface area contributed by atoms with Gasteiger partial charge in [0.05, 0.1) is 0 Å². The molecule has 6 aromatic carbocycles.